The number of carbonyl (C=O) groups is 2. The Morgan fingerprint density at radius 3 is 2.52 bits per heavy atom. The molecule has 1 aromatic rings. The summed E-state index contributed by atoms with van der Waals surface area (Å²) in [5.74, 6) is -5.99. The summed E-state index contributed by atoms with van der Waals surface area (Å²) in [6.45, 7) is 10.9. The molecule has 2 saturated carbocycles. The third-order valence-electron chi connectivity index (χ3n) is 11.8. The number of fused-ring (bicyclic) bond motifs is 3. The van der Waals surface area contributed by atoms with Crippen molar-refractivity contribution in [1.82, 2.24) is 0 Å². The van der Waals surface area contributed by atoms with Crippen LogP contribution in [0.15, 0.2) is 78.4 Å². The molecule has 3 heterocycles. The molecule has 4 N–H and O–H groups in total. The monoisotopic (exact) mass is 690 g/mol. The maximum absolute atomic E-state index is 13.9. The number of hydrogen-bond acceptors (Lipinski definition) is 11. The lowest BCUT2D eigenvalue weighted by molar-refractivity contribution is -0.407. The van der Waals surface area contributed by atoms with E-state index in [2.05, 4.69) is 13.5 Å². The second kappa shape index (κ2) is 12.1. The number of allylic oxidation sites excluding steroid dienone is 3. The Bertz CT molecular complexity index is 1700. The molecule has 3 bridgehead atoms. The van der Waals surface area contributed by atoms with E-state index in [9.17, 15) is 30.0 Å². The molecular formula is C39H46O11. The lowest BCUT2D eigenvalue weighted by atomic mass is 9.53. The Morgan fingerprint density at radius 1 is 1.10 bits per heavy atom. The van der Waals surface area contributed by atoms with Crippen molar-refractivity contribution in [2.45, 2.75) is 106 Å². The third kappa shape index (κ3) is 4.67. The number of epoxide rings is 1. The van der Waals surface area contributed by atoms with Crippen LogP contribution in [0, 0.1) is 17.8 Å². The molecule has 12 atom stereocenters. The Hall–Kier alpha value is -3.42. The summed E-state index contributed by atoms with van der Waals surface area (Å²) in [5.41, 5.74) is -5.87. The summed E-state index contributed by atoms with van der Waals surface area (Å²) >= 11 is 0. The highest BCUT2D eigenvalue weighted by Gasteiger charge is 2.90. The van der Waals surface area contributed by atoms with E-state index in [0.717, 1.165) is 25.7 Å². The van der Waals surface area contributed by atoms with Crippen molar-refractivity contribution in [2.24, 2.45) is 17.8 Å². The van der Waals surface area contributed by atoms with E-state index in [1.807, 2.05) is 12.2 Å². The Kier molecular flexibility index (Phi) is 8.46. The van der Waals surface area contributed by atoms with E-state index in [0.29, 0.717) is 11.1 Å². The minimum absolute atomic E-state index is 0.0874. The smallest absolute Gasteiger partial charge is 0.331 e. The van der Waals surface area contributed by atoms with Crippen LogP contribution in [0.2, 0.25) is 0 Å². The van der Waals surface area contributed by atoms with E-state index in [4.69, 9.17) is 23.7 Å². The fourth-order valence-electron chi connectivity index (χ4n) is 9.40. The van der Waals surface area contributed by atoms with Crippen molar-refractivity contribution in [3.05, 3.63) is 84.0 Å². The van der Waals surface area contributed by atoms with Crippen molar-refractivity contribution in [3.8, 4) is 5.75 Å². The van der Waals surface area contributed by atoms with E-state index < -0.39 is 88.9 Å². The molecule has 7 rings (SSSR count). The number of unbranched alkanes of at least 4 members (excludes halogenated alkanes) is 3. The van der Waals surface area contributed by atoms with Gasteiger partial charge in [0.15, 0.2) is 17.0 Å². The van der Waals surface area contributed by atoms with Gasteiger partial charge in [-0.25, -0.2) is 4.79 Å². The lowest BCUT2D eigenvalue weighted by Gasteiger charge is -2.61. The van der Waals surface area contributed by atoms with Gasteiger partial charge in [-0.1, -0.05) is 69.7 Å². The quantitative estimate of drug-likeness (QED) is 0.0667. The maximum Gasteiger partial charge on any atom is 0.331 e. The van der Waals surface area contributed by atoms with Crippen molar-refractivity contribution in [1.29, 1.82) is 0 Å². The van der Waals surface area contributed by atoms with Gasteiger partial charge in [0.05, 0.1) is 12.2 Å². The average Bonchev–Trinajstić information content (AvgIpc) is 3.72. The van der Waals surface area contributed by atoms with Crippen LogP contribution in [-0.4, -0.2) is 91.6 Å². The summed E-state index contributed by atoms with van der Waals surface area (Å²) in [6.07, 6.45) is 11.0. The highest BCUT2D eigenvalue weighted by molar-refractivity contribution is 6.05. The minimum atomic E-state index is -2.44. The molecule has 0 unspecified atom stereocenters. The first kappa shape index (κ1) is 35.0. The van der Waals surface area contributed by atoms with Crippen LogP contribution >= 0.6 is 0 Å². The second-order valence-corrected chi connectivity index (χ2v) is 14.7. The van der Waals surface area contributed by atoms with Gasteiger partial charge in [-0.05, 0) is 61.6 Å². The molecule has 11 nitrogen and oxygen atoms in total. The van der Waals surface area contributed by atoms with Crippen molar-refractivity contribution >= 4 is 17.8 Å². The first-order chi connectivity index (χ1) is 23.8. The summed E-state index contributed by atoms with van der Waals surface area (Å²) in [7, 11) is 0. The molecule has 3 saturated heterocycles. The number of phenols is 1. The topological polar surface area (TPSA) is 165 Å². The van der Waals surface area contributed by atoms with Crippen LogP contribution in [0.3, 0.4) is 0 Å². The van der Waals surface area contributed by atoms with Crippen LogP contribution in [0.25, 0.3) is 6.08 Å². The molecule has 0 radical (unpaired) electrons. The van der Waals surface area contributed by atoms with Gasteiger partial charge in [-0.3, -0.25) is 4.79 Å². The predicted octanol–water partition coefficient (Wildman–Crippen LogP) is 3.81. The average molecular weight is 691 g/mol. The van der Waals surface area contributed by atoms with Crippen molar-refractivity contribution in [3.63, 3.8) is 0 Å². The van der Waals surface area contributed by atoms with Crippen LogP contribution in [0.4, 0.5) is 0 Å². The summed E-state index contributed by atoms with van der Waals surface area (Å²) in [4.78, 5) is 27.5. The molecule has 0 amide bonds. The van der Waals surface area contributed by atoms with E-state index in [1.165, 1.54) is 18.2 Å². The minimum Gasteiger partial charge on any atom is -0.508 e. The fraction of sp³-hybridized carbons (Fsp3) is 0.538. The van der Waals surface area contributed by atoms with Gasteiger partial charge in [0.25, 0.3) is 0 Å². The molecule has 5 fully saturated rings. The molecule has 0 spiro atoms. The summed E-state index contributed by atoms with van der Waals surface area (Å²) in [5, 5.41) is 44.6. The molecule has 1 aromatic carbocycles. The third-order valence-corrected chi connectivity index (χ3v) is 11.8. The number of aliphatic hydroxyl groups excluding tert-OH is 2. The Balaban J connectivity index is 1.36. The standard InChI is InChI=1S/C39H46O11/c1-6-7-8-9-10-11-12-19-36-48-33-29-32-35(21-40,47-32)34(44)37(45)27(20-23(4)30(37)43)39(29,50-36)24(5)31(38(33,49-36)22(2)3)46-28(42)18-15-25-13-16-26(41)17-14-25/h10-20,24,27,29,31-34,40-41,44-45H,2,6-9,21H2,1,3-5H3/b11-10+,18-15+,19-12+/t24-,27-,29+,31-,32+,33-,34-,35+,36-,37-,38+,39+/m1/s1. The van der Waals surface area contributed by atoms with Crippen LogP contribution in [0.1, 0.15) is 58.9 Å². The molecular weight excluding hydrogens is 644 g/mol. The number of carbonyl (C=O) groups excluding carboxylic acids is 2. The number of Topliss-reactive ketones (excluding diaryl/α,β-unsaturated/α-hetero) is 1. The van der Waals surface area contributed by atoms with Gasteiger partial charge in [-0.2, -0.15) is 0 Å². The molecule has 50 heavy (non-hydrogen) atoms. The highest BCUT2D eigenvalue weighted by atomic mass is 16.9. The fourth-order valence-corrected chi connectivity index (χ4v) is 9.40. The number of ketones is 1. The first-order valence-electron chi connectivity index (χ1n) is 17.5. The SMILES string of the molecule is C=C(C)[C@@]12O[C@@]3(/C=C/C=C/CCCCC)O[C@@H]1[C@@H]1[C@@H]4O[C@]4(CO)[C@@H](O)[C@]4(O)C(=O)C(C)=C[C@H]4[C@@]1(O3)[C@H](C)[C@H]2OC(=O)/C=C/c1ccc(O)cc1. The zero-order chi connectivity index (χ0) is 35.9. The Morgan fingerprint density at radius 2 is 1.84 bits per heavy atom. The molecule has 268 valence electrons. The highest BCUT2D eigenvalue weighted by Crippen LogP contribution is 2.73. The number of aliphatic hydroxyl groups is 3. The molecule has 11 heteroatoms. The van der Waals surface area contributed by atoms with Gasteiger partial charge >= 0.3 is 11.9 Å². The molecule has 3 aliphatic heterocycles. The van der Waals surface area contributed by atoms with Crippen LogP contribution in [-0.2, 0) is 33.3 Å². The van der Waals surface area contributed by atoms with E-state index >= 15 is 0 Å². The number of aromatic hydroxyl groups is 1. The largest absolute Gasteiger partial charge is 0.508 e. The number of ether oxygens (including phenoxy) is 5. The zero-order valence-electron chi connectivity index (χ0n) is 28.8. The second-order valence-electron chi connectivity index (χ2n) is 14.7. The zero-order valence-corrected chi connectivity index (χ0v) is 28.8. The predicted molar refractivity (Wildman–Crippen MR) is 180 cm³/mol. The number of rotatable bonds is 11. The number of esters is 1. The molecule has 3 aliphatic carbocycles. The van der Waals surface area contributed by atoms with Gasteiger partial charge in [0.1, 0.15) is 35.8 Å². The summed E-state index contributed by atoms with van der Waals surface area (Å²) < 4.78 is 33.1. The van der Waals surface area contributed by atoms with E-state index in [1.54, 1.807) is 57.2 Å². The Labute approximate surface area is 291 Å². The van der Waals surface area contributed by atoms with Gasteiger partial charge in [0.2, 0.25) is 0 Å². The number of phenolic OH excluding ortho intramolecular Hbond substituents is 1. The van der Waals surface area contributed by atoms with Gasteiger partial charge in [0, 0.05) is 29.9 Å². The number of hydrogen-bond donors (Lipinski definition) is 4. The lowest BCUT2D eigenvalue weighted by Crippen LogP contribution is -2.76. The van der Waals surface area contributed by atoms with E-state index in [-0.39, 0.29) is 11.3 Å². The van der Waals surface area contributed by atoms with Gasteiger partial charge in [-0.15, -0.1) is 0 Å². The van der Waals surface area contributed by atoms with Crippen LogP contribution < -0.4 is 0 Å². The maximum atomic E-state index is 13.9. The molecule has 6 aliphatic rings. The number of benzene rings is 1. The van der Waals surface area contributed by atoms with Crippen molar-refractivity contribution in [2.75, 3.05) is 6.61 Å². The van der Waals surface area contributed by atoms with Gasteiger partial charge < -0.3 is 44.1 Å². The normalized spacial score (nSPS) is 43.9. The summed E-state index contributed by atoms with van der Waals surface area (Å²) in [6, 6.07) is 6.30. The molecule has 0 aromatic heterocycles. The van der Waals surface area contributed by atoms with Crippen LogP contribution in [0.5, 0.6) is 5.75 Å². The van der Waals surface area contributed by atoms with Crippen molar-refractivity contribution < 1.29 is 53.7 Å². The first-order valence-corrected chi connectivity index (χ1v) is 17.5.